The van der Waals surface area contributed by atoms with E-state index in [9.17, 15) is 0 Å². The first-order valence-electron chi connectivity index (χ1n) is 13.2. The van der Waals surface area contributed by atoms with Crippen LogP contribution in [0.4, 0.5) is 5.95 Å². The summed E-state index contributed by atoms with van der Waals surface area (Å²) in [5, 5.41) is 0. The van der Waals surface area contributed by atoms with E-state index < -0.39 is 0 Å². The number of rotatable bonds is 5. The van der Waals surface area contributed by atoms with E-state index in [2.05, 4.69) is 47.9 Å². The van der Waals surface area contributed by atoms with Crippen molar-refractivity contribution >= 4 is 5.95 Å². The van der Waals surface area contributed by atoms with E-state index in [0.717, 1.165) is 31.0 Å². The van der Waals surface area contributed by atoms with Gasteiger partial charge >= 0.3 is 0 Å². The van der Waals surface area contributed by atoms with Gasteiger partial charge in [0.15, 0.2) is 0 Å². The maximum absolute atomic E-state index is 4.90. The van der Waals surface area contributed by atoms with E-state index in [1.54, 1.807) is 0 Å². The van der Waals surface area contributed by atoms with Crippen LogP contribution in [0.15, 0.2) is 12.4 Å². The Kier molecular flexibility index (Phi) is 6.52. The zero-order chi connectivity index (χ0) is 21.4. The van der Waals surface area contributed by atoms with Crippen LogP contribution in [0.2, 0.25) is 0 Å². The van der Waals surface area contributed by atoms with Crippen LogP contribution in [0.25, 0.3) is 0 Å². The maximum Gasteiger partial charge on any atom is 0.225 e. The highest BCUT2D eigenvalue weighted by Gasteiger charge is 2.41. The summed E-state index contributed by atoms with van der Waals surface area (Å²) in [6, 6.07) is 2.68. The van der Waals surface area contributed by atoms with Crippen molar-refractivity contribution in [2.75, 3.05) is 31.1 Å². The van der Waals surface area contributed by atoms with Crippen LogP contribution in [-0.4, -0.2) is 70.1 Å². The van der Waals surface area contributed by atoms with Crippen molar-refractivity contribution in [3.8, 4) is 0 Å². The highest BCUT2D eigenvalue weighted by molar-refractivity contribution is 5.38. The van der Waals surface area contributed by atoms with Crippen LogP contribution in [0.3, 0.4) is 0 Å². The second-order valence-corrected chi connectivity index (χ2v) is 11.0. The largest absolute Gasteiger partial charge is 0.332 e. The molecule has 0 aromatic carbocycles. The second kappa shape index (κ2) is 9.35. The van der Waals surface area contributed by atoms with Gasteiger partial charge in [-0.3, -0.25) is 4.90 Å². The zero-order valence-electron chi connectivity index (χ0n) is 20.0. The van der Waals surface area contributed by atoms with E-state index in [1.165, 1.54) is 76.4 Å². The van der Waals surface area contributed by atoms with Gasteiger partial charge in [0.25, 0.3) is 0 Å². The van der Waals surface area contributed by atoms with E-state index >= 15 is 0 Å². The third kappa shape index (κ3) is 4.50. The summed E-state index contributed by atoms with van der Waals surface area (Å²) in [6.07, 6.45) is 16.6. The Morgan fingerprint density at radius 1 is 0.839 bits per heavy atom. The van der Waals surface area contributed by atoms with Crippen molar-refractivity contribution in [1.82, 2.24) is 19.8 Å². The molecule has 5 nitrogen and oxygen atoms in total. The molecule has 1 aromatic heterocycles. The molecular formula is C26H43N5. The van der Waals surface area contributed by atoms with Gasteiger partial charge in [-0.05, 0) is 95.7 Å². The van der Waals surface area contributed by atoms with Crippen molar-refractivity contribution in [1.29, 1.82) is 0 Å². The molecule has 2 unspecified atom stereocenters. The first kappa shape index (κ1) is 21.6. The Balaban J connectivity index is 1.16. The van der Waals surface area contributed by atoms with Crippen molar-refractivity contribution in [3.05, 3.63) is 18.0 Å². The Hall–Kier alpha value is -1.20. The molecule has 1 saturated carbocycles. The second-order valence-electron chi connectivity index (χ2n) is 11.0. The molecule has 4 heterocycles. The molecule has 2 bridgehead atoms. The zero-order valence-corrected chi connectivity index (χ0v) is 20.0. The number of aromatic nitrogens is 2. The Bertz CT molecular complexity index is 689. The van der Waals surface area contributed by atoms with Crippen LogP contribution in [-0.2, 0) is 0 Å². The minimum Gasteiger partial charge on any atom is -0.332 e. The number of piperazine rings is 1. The highest BCUT2D eigenvalue weighted by atomic mass is 15.4. The number of hydrogen-bond donors (Lipinski definition) is 0. The molecule has 0 spiro atoms. The van der Waals surface area contributed by atoms with Gasteiger partial charge in [0.1, 0.15) is 0 Å². The normalized spacial score (nSPS) is 33.4. The van der Waals surface area contributed by atoms with Crippen LogP contribution < -0.4 is 4.90 Å². The molecule has 31 heavy (non-hydrogen) atoms. The monoisotopic (exact) mass is 425 g/mol. The molecule has 0 radical (unpaired) electrons. The standard InChI is InChI=1S/C26H43N5/c1-4-20-5-7-23(8-6-20)29-13-11-21(12-14-29)22-15-27-26(28-16-22)31-24-9-10-25(31)18-30(17-24)19(2)3/h15-16,19-21,23-25H,4-14,17-18H2,1-3H3/t20-,23-,24?,25?. The van der Waals surface area contributed by atoms with Crippen LogP contribution >= 0.6 is 0 Å². The molecule has 172 valence electrons. The molecule has 2 atom stereocenters. The van der Waals surface area contributed by atoms with E-state index in [0.29, 0.717) is 24.0 Å². The molecule has 0 amide bonds. The van der Waals surface area contributed by atoms with Crippen LogP contribution in [0.1, 0.15) is 90.0 Å². The number of likely N-dealkylation sites (tertiary alicyclic amines) is 2. The van der Waals surface area contributed by atoms with Crippen LogP contribution in [0, 0.1) is 5.92 Å². The van der Waals surface area contributed by atoms with Gasteiger partial charge < -0.3 is 9.80 Å². The molecule has 4 aliphatic rings. The first-order chi connectivity index (χ1) is 15.1. The quantitative estimate of drug-likeness (QED) is 0.684. The Morgan fingerprint density at radius 2 is 1.42 bits per heavy atom. The van der Waals surface area contributed by atoms with E-state index in [-0.39, 0.29) is 0 Å². The van der Waals surface area contributed by atoms with Gasteiger partial charge in [-0.1, -0.05) is 13.3 Å². The third-order valence-corrected chi connectivity index (χ3v) is 9.04. The molecule has 5 rings (SSSR count). The fourth-order valence-electron chi connectivity index (χ4n) is 6.88. The molecule has 3 aliphatic heterocycles. The molecule has 0 N–H and O–H groups in total. The smallest absolute Gasteiger partial charge is 0.225 e. The fourth-order valence-corrected chi connectivity index (χ4v) is 6.88. The predicted molar refractivity (Wildman–Crippen MR) is 128 cm³/mol. The number of piperidine rings is 1. The SMILES string of the molecule is CC[C@H]1CC[C@H](N2CCC(c3cnc(N4C5CCC4CN(C(C)C)C5)nc3)CC2)CC1. The Labute approximate surface area is 189 Å². The van der Waals surface area contributed by atoms with E-state index in [4.69, 9.17) is 9.97 Å². The minimum atomic E-state index is 0.595. The van der Waals surface area contributed by atoms with Crippen LogP contribution in [0.5, 0.6) is 0 Å². The summed E-state index contributed by atoms with van der Waals surface area (Å²) in [4.78, 5) is 17.8. The lowest BCUT2D eigenvalue weighted by atomic mass is 9.82. The van der Waals surface area contributed by atoms with Crippen molar-refractivity contribution < 1.29 is 0 Å². The molecule has 1 aromatic rings. The lowest BCUT2D eigenvalue weighted by Gasteiger charge is -2.43. The Morgan fingerprint density at radius 3 is 1.97 bits per heavy atom. The average molecular weight is 426 g/mol. The van der Waals surface area contributed by atoms with Crippen molar-refractivity contribution in [2.24, 2.45) is 5.92 Å². The summed E-state index contributed by atoms with van der Waals surface area (Å²) in [5.74, 6) is 2.62. The fraction of sp³-hybridized carbons (Fsp3) is 0.846. The molecule has 1 aliphatic carbocycles. The summed E-state index contributed by atoms with van der Waals surface area (Å²) < 4.78 is 0. The van der Waals surface area contributed by atoms with Crippen molar-refractivity contribution in [2.45, 2.75) is 109 Å². The van der Waals surface area contributed by atoms with Gasteiger partial charge in [0.2, 0.25) is 5.95 Å². The molecule has 3 saturated heterocycles. The summed E-state index contributed by atoms with van der Waals surface area (Å²) in [5.41, 5.74) is 1.37. The van der Waals surface area contributed by atoms with Gasteiger partial charge in [-0.2, -0.15) is 0 Å². The highest BCUT2D eigenvalue weighted by Crippen LogP contribution is 2.36. The van der Waals surface area contributed by atoms with Gasteiger partial charge in [-0.25, -0.2) is 9.97 Å². The number of fused-ring (bicyclic) bond motifs is 2. The lowest BCUT2D eigenvalue weighted by molar-refractivity contribution is 0.106. The summed E-state index contributed by atoms with van der Waals surface area (Å²) in [7, 11) is 0. The molecule has 5 heteroatoms. The average Bonchev–Trinajstić information content (AvgIpc) is 3.08. The van der Waals surface area contributed by atoms with Gasteiger partial charge in [0, 0.05) is 49.7 Å². The maximum atomic E-state index is 4.90. The third-order valence-electron chi connectivity index (χ3n) is 9.04. The predicted octanol–water partition coefficient (Wildman–Crippen LogP) is 4.69. The summed E-state index contributed by atoms with van der Waals surface area (Å²) in [6.45, 7) is 11.9. The first-order valence-corrected chi connectivity index (χ1v) is 13.2. The number of hydrogen-bond acceptors (Lipinski definition) is 5. The topological polar surface area (TPSA) is 35.5 Å². The molecular weight excluding hydrogens is 382 g/mol. The minimum absolute atomic E-state index is 0.595. The van der Waals surface area contributed by atoms with Gasteiger partial charge in [-0.15, -0.1) is 0 Å². The lowest BCUT2D eigenvalue weighted by Crippen LogP contribution is -2.56. The number of anilines is 1. The summed E-state index contributed by atoms with van der Waals surface area (Å²) >= 11 is 0. The van der Waals surface area contributed by atoms with Gasteiger partial charge in [0.05, 0.1) is 0 Å². The number of nitrogens with zero attached hydrogens (tertiary/aromatic N) is 5. The van der Waals surface area contributed by atoms with Crippen molar-refractivity contribution in [3.63, 3.8) is 0 Å². The van der Waals surface area contributed by atoms with E-state index in [1.807, 2.05) is 0 Å². The molecule has 4 fully saturated rings.